The first-order valence-electron chi connectivity index (χ1n) is 10.2. The van der Waals surface area contributed by atoms with Gasteiger partial charge >= 0.3 is 0 Å². The first-order valence-corrected chi connectivity index (χ1v) is 11.7. The van der Waals surface area contributed by atoms with Crippen LogP contribution in [-0.4, -0.2) is 27.0 Å². The lowest BCUT2D eigenvalue weighted by Gasteiger charge is -2.12. The third-order valence-corrected chi connectivity index (χ3v) is 6.20. The number of para-hydroxylation sites is 1. The standard InChI is InChI=1S/C24H26N2O5S/c1-3-18(2)26-32(28,29)23-15-13-20(14-16-23)30-17-24(27)25-19-9-11-22(12-10-19)31-21-7-5-4-6-8-21/h4-16,18,26H,3,17H2,1-2H3,(H,25,27)/t18-/m1/s1. The highest BCUT2D eigenvalue weighted by atomic mass is 32.2. The quantitative estimate of drug-likeness (QED) is 0.468. The Labute approximate surface area is 188 Å². The van der Waals surface area contributed by atoms with Gasteiger partial charge in [0.25, 0.3) is 5.91 Å². The first kappa shape index (κ1) is 23.3. The fourth-order valence-corrected chi connectivity index (χ4v) is 4.03. The molecule has 0 heterocycles. The summed E-state index contributed by atoms with van der Waals surface area (Å²) in [6, 6.07) is 22.2. The summed E-state index contributed by atoms with van der Waals surface area (Å²) in [5.74, 6) is 1.45. The molecule has 1 atom stereocenters. The van der Waals surface area contributed by atoms with Crippen molar-refractivity contribution in [3.8, 4) is 17.2 Å². The van der Waals surface area contributed by atoms with Gasteiger partial charge in [-0.15, -0.1) is 0 Å². The van der Waals surface area contributed by atoms with Crippen LogP contribution < -0.4 is 19.5 Å². The Morgan fingerprint density at radius 2 is 1.47 bits per heavy atom. The summed E-state index contributed by atoms with van der Waals surface area (Å²) in [7, 11) is -3.58. The zero-order chi connectivity index (χ0) is 23.0. The summed E-state index contributed by atoms with van der Waals surface area (Å²) in [5, 5.41) is 2.74. The third kappa shape index (κ3) is 6.83. The predicted octanol–water partition coefficient (Wildman–Crippen LogP) is 4.57. The average molecular weight is 455 g/mol. The molecule has 0 aliphatic heterocycles. The Morgan fingerprint density at radius 3 is 2.09 bits per heavy atom. The molecule has 0 fully saturated rings. The number of benzene rings is 3. The fourth-order valence-electron chi connectivity index (χ4n) is 2.71. The van der Waals surface area contributed by atoms with Crippen molar-refractivity contribution in [2.45, 2.75) is 31.2 Å². The van der Waals surface area contributed by atoms with Crippen LogP contribution in [0.1, 0.15) is 20.3 Å². The van der Waals surface area contributed by atoms with Gasteiger partial charge in [0, 0.05) is 11.7 Å². The molecule has 0 spiro atoms. The molecular formula is C24H26N2O5S. The third-order valence-electron chi connectivity index (χ3n) is 4.59. The van der Waals surface area contributed by atoms with E-state index in [9.17, 15) is 13.2 Å². The molecule has 0 saturated carbocycles. The maximum absolute atomic E-state index is 12.3. The topological polar surface area (TPSA) is 93.7 Å². The highest BCUT2D eigenvalue weighted by Gasteiger charge is 2.16. The molecular weight excluding hydrogens is 428 g/mol. The SMILES string of the molecule is CC[C@@H](C)NS(=O)(=O)c1ccc(OCC(=O)Nc2ccc(Oc3ccccc3)cc2)cc1. The summed E-state index contributed by atoms with van der Waals surface area (Å²) in [6.45, 7) is 3.50. The van der Waals surface area contributed by atoms with Crippen LogP contribution in [-0.2, 0) is 14.8 Å². The predicted molar refractivity (Wildman–Crippen MR) is 124 cm³/mol. The number of anilines is 1. The van der Waals surface area contributed by atoms with Crippen molar-refractivity contribution >= 4 is 21.6 Å². The van der Waals surface area contributed by atoms with E-state index in [2.05, 4.69) is 10.0 Å². The number of carbonyl (C=O) groups excluding carboxylic acids is 1. The summed E-state index contributed by atoms with van der Waals surface area (Å²) < 4.78 is 38.3. The minimum atomic E-state index is -3.58. The Balaban J connectivity index is 1.49. The zero-order valence-electron chi connectivity index (χ0n) is 17.9. The number of sulfonamides is 1. The molecule has 32 heavy (non-hydrogen) atoms. The number of carbonyl (C=O) groups is 1. The van der Waals surface area contributed by atoms with E-state index in [1.807, 2.05) is 37.3 Å². The lowest BCUT2D eigenvalue weighted by Crippen LogP contribution is -2.31. The molecule has 3 aromatic carbocycles. The molecule has 0 unspecified atom stereocenters. The van der Waals surface area contributed by atoms with Gasteiger partial charge in [-0.2, -0.15) is 0 Å². The smallest absolute Gasteiger partial charge is 0.262 e. The van der Waals surface area contributed by atoms with E-state index < -0.39 is 10.0 Å². The van der Waals surface area contributed by atoms with Crippen LogP contribution >= 0.6 is 0 Å². The van der Waals surface area contributed by atoms with E-state index in [4.69, 9.17) is 9.47 Å². The van der Waals surface area contributed by atoms with E-state index in [-0.39, 0.29) is 23.5 Å². The Morgan fingerprint density at radius 1 is 0.875 bits per heavy atom. The summed E-state index contributed by atoms with van der Waals surface area (Å²) in [6.07, 6.45) is 0.693. The normalized spacial score (nSPS) is 12.1. The lowest BCUT2D eigenvalue weighted by atomic mass is 10.3. The van der Waals surface area contributed by atoms with Crippen LogP contribution in [0.15, 0.2) is 83.8 Å². The summed E-state index contributed by atoms with van der Waals surface area (Å²) in [5.41, 5.74) is 0.608. The van der Waals surface area contributed by atoms with Crippen molar-refractivity contribution in [2.75, 3.05) is 11.9 Å². The van der Waals surface area contributed by atoms with Gasteiger partial charge in [-0.3, -0.25) is 4.79 Å². The highest BCUT2D eigenvalue weighted by Crippen LogP contribution is 2.22. The van der Waals surface area contributed by atoms with E-state index in [1.165, 1.54) is 24.3 Å². The van der Waals surface area contributed by atoms with E-state index in [0.29, 0.717) is 23.6 Å². The maximum atomic E-state index is 12.3. The Bertz CT molecular complexity index is 1120. The molecule has 0 aliphatic carbocycles. The number of hydrogen-bond donors (Lipinski definition) is 2. The molecule has 168 valence electrons. The Kier molecular flexibility index (Phi) is 7.86. The minimum Gasteiger partial charge on any atom is -0.484 e. The van der Waals surface area contributed by atoms with Crippen molar-refractivity contribution in [3.05, 3.63) is 78.9 Å². The molecule has 0 aromatic heterocycles. The Hall–Kier alpha value is -3.36. The number of hydrogen-bond acceptors (Lipinski definition) is 5. The van der Waals surface area contributed by atoms with Gasteiger partial charge in [-0.05, 0) is 74.0 Å². The minimum absolute atomic E-state index is 0.146. The van der Waals surface area contributed by atoms with Gasteiger partial charge in [-0.25, -0.2) is 13.1 Å². The molecule has 3 aromatic rings. The molecule has 0 saturated heterocycles. The summed E-state index contributed by atoms with van der Waals surface area (Å²) in [4.78, 5) is 12.3. The monoisotopic (exact) mass is 454 g/mol. The first-order chi connectivity index (χ1) is 15.4. The number of nitrogens with one attached hydrogen (secondary N) is 2. The second kappa shape index (κ2) is 10.8. The molecule has 7 nitrogen and oxygen atoms in total. The summed E-state index contributed by atoms with van der Waals surface area (Å²) >= 11 is 0. The van der Waals surface area contributed by atoms with E-state index in [1.54, 1.807) is 31.2 Å². The van der Waals surface area contributed by atoms with Gasteiger partial charge in [-0.1, -0.05) is 25.1 Å². The molecule has 2 N–H and O–H groups in total. The van der Waals surface area contributed by atoms with Gasteiger partial charge in [0.05, 0.1) is 4.90 Å². The highest BCUT2D eigenvalue weighted by molar-refractivity contribution is 7.89. The van der Waals surface area contributed by atoms with Gasteiger partial charge in [0.2, 0.25) is 10.0 Å². The number of amides is 1. The van der Waals surface area contributed by atoms with Crippen molar-refractivity contribution in [2.24, 2.45) is 0 Å². The van der Waals surface area contributed by atoms with Crippen molar-refractivity contribution in [1.82, 2.24) is 4.72 Å². The van der Waals surface area contributed by atoms with Crippen LogP contribution in [0.5, 0.6) is 17.2 Å². The largest absolute Gasteiger partial charge is 0.484 e. The van der Waals surface area contributed by atoms with Crippen LogP contribution in [0.4, 0.5) is 5.69 Å². The number of rotatable bonds is 10. The van der Waals surface area contributed by atoms with E-state index >= 15 is 0 Å². The molecule has 3 rings (SSSR count). The van der Waals surface area contributed by atoms with Gasteiger partial charge < -0.3 is 14.8 Å². The molecule has 8 heteroatoms. The molecule has 0 bridgehead atoms. The van der Waals surface area contributed by atoms with Crippen LogP contribution in [0.25, 0.3) is 0 Å². The second-order valence-electron chi connectivity index (χ2n) is 7.18. The van der Waals surface area contributed by atoms with Crippen molar-refractivity contribution in [3.63, 3.8) is 0 Å². The van der Waals surface area contributed by atoms with E-state index in [0.717, 1.165) is 5.75 Å². The van der Waals surface area contributed by atoms with Crippen LogP contribution in [0.3, 0.4) is 0 Å². The van der Waals surface area contributed by atoms with Crippen LogP contribution in [0.2, 0.25) is 0 Å². The van der Waals surface area contributed by atoms with Gasteiger partial charge in [0.15, 0.2) is 6.61 Å². The molecule has 0 aliphatic rings. The maximum Gasteiger partial charge on any atom is 0.262 e. The van der Waals surface area contributed by atoms with Crippen LogP contribution in [0, 0.1) is 0 Å². The molecule has 0 radical (unpaired) electrons. The number of ether oxygens (including phenoxy) is 2. The molecule has 1 amide bonds. The second-order valence-corrected chi connectivity index (χ2v) is 8.89. The fraction of sp³-hybridized carbons (Fsp3) is 0.208. The van der Waals surface area contributed by atoms with Crippen molar-refractivity contribution < 1.29 is 22.7 Å². The van der Waals surface area contributed by atoms with Crippen molar-refractivity contribution in [1.29, 1.82) is 0 Å². The zero-order valence-corrected chi connectivity index (χ0v) is 18.8. The average Bonchev–Trinajstić information content (AvgIpc) is 2.79. The van der Waals surface area contributed by atoms with Gasteiger partial charge in [0.1, 0.15) is 17.2 Å². The lowest BCUT2D eigenvalue weighted by molar-refractivity contribution is -0.118.